The number of aromatic nitrogens is 1. The number of amides is 1. The lowest BCUT2D eigenvalue weighted by Crippen LogP contribution is -2.42. The molecule has 1 aliphatic carbocycles. The van der Waals surface area contributed by atoms with Crippen molar-refractivity contribution in [3.05, 3.63) is 16.1 Å². The van der Waals surface area contributed by atoms with E-state index >= 15 is 0 Å². The van der Waals surface area contributed by atoms with Crippen LogP contribution in [0.3, 0.4) is 0 Å². The molecule has 0 spiro atoms. The molecule has 1 aromatic rings. The smallest absolute Gasteiger partial charge is 0.263 e. The average Bonchev–Trinajstić information content (AvgIpc) is 3.31. The summed E-state index contributed by atoms with van der Waals surface area (Å²) >= 11 is 1.37. The monoisotopic (exact) mass is 395 g/mol. The van der Waals surface area contributed by atoms with Crippen LogP contribution < -0.4 is 16.0 Å². The van der Waals surface area contributed by atoms with Crippen molar-refractivity contribution < 1.29 is 9.53 Å². The van der Waals surface area contributed by atoms with E-state index in [4.69, 9.17) is 9.73 Å². The van der Waals surface area contributed by atoms with E-state index in [0.717, 1.165) is 37.8 Å². The fourth-order valence-electron chi connectivity index (χ4n) is 3.48. The Morgan fingerprint density at radius 2 is 2.04 bits per heavy atom. The number of aryl methyl sites for hydroxylation is 1. The number of hydrogen-bond acceptors (Lipinski definition) is 5. The van der Waals surface area contributed by atoms with Gasteiger partial charge in [0, 0.05) is 39.9 Å². The van der Waals surface area contributed by atoms with Crippen molar-refractivity contribution >= 4 is 23.2 Å². The molecular formula is C19H33N5O2S. The third kappa shape index (κ3) is 6.77. The summed E-state index contributed by atoms with van der Waals surface area (Å²) in [5.74, 6) is 0.743. The molecule has 1 saturated carbocycles. The second-order valence-electron chi connectivity index (χ2n) is 7.09. The first-order valence-electron chi connectivity index (χ1n) is 9.79. The normalized spacial score (nSPS) is 16.3. The highest BCUT2D eigenvalue weighted by Crippen LogP contribution is 2.41. The summed E-state index contributed by atoms with van der Waals surface area (Å²) in [6, 6.07) is 0. The third-order valence-electron chi connectivity index (χ3n) is 5.07. The van der Waals surface area contributed by atoms with Gasteiger partial charge < -0.3 is 20.7 Å². The molecular weight excluding hydrogens is 362 g/mol. The van der Waals surface area contributed by atoms with Gasteiger partial charge >= 0.3 is 0 Å². The molecule has 0 bridgehead atoms. The van der Waals surface area contributed by atoms with E-state index in [9.17, 15) is 4.79 Å². The first-order chi connectivity index (χ1) is 13.1. The number of hydrogen-bond donors (Lipinski definition) is 3. The van der Waals surface area contributed by atoms with Crippen LogP contribution in [0.5, 0.6) is 0 Å². The SMILES string of the molecule is CCNC(=NCC1(CCOC)CCCC1)NCCNC(=O)c1scnc1C. The van der Waals surface area contributed by atoms with Gasteiger partial charge in [-0.3, -0.25) is 9.79 Å². The number of ether oxygens (including phenoxy) is 1. The van der Waals surface area contributed by atoms with Crippen LogP contribution >= 0.6 is 11.3 Å². The van der Waals surface area contributed by atoms with E-state index in [1.54, 1.807) is 12.6 Å². The number of carbonyl (C=O) groups is 1. The van der Waals surface area contributed by atoms with Gasteiger partial charge in [-0.15, -0.1) is 11.3 Å². The van der Waals surface area contributed by atoms with E-state index < -0.39 is 0 Å². The molecule has 8 heteroatoms. The molecule has 1 aromatic heterocycles. The zero-order chi connectivity index (χ0) is 19.5. The maximum Gasteiger partial charge on any atom is 0.263 e. The number of nitrogens with one attached hydrogen (secondary N) is 3. The van der Waals surface area contributed by atoms with Gasteiger partial charge in [-0.25, -0.2) is 4.98 Å². The van der Waals surface area contributed by atoms with Gasteiger partial charge in [0.25, 0.3) is 5.91 Å². The molecule has 7 nitrogen and oxygen atoms in total. The number of guanidine groups is 1. The second kappa shape index (κ2) is 11.2. The van der Waals surface area contributed by atoms with Crippen LogP contribution in [0.2, 0.25) is 0 Å². The minimum absolute atomic E-state index is 0.0665. The number of thiazole rings is 1. The first kappa shape index (κ1) is 21.6. The Labute approximate surface area is 166 Å². The number of rotatable bonds is 10. The Balaban J connectivity index is 1.80. The highest BCUT2D eigenvalue weighted by Gasteiger charge is 2.33. The Morgan fingerprint density at radius 3 is 2.67 bits per heavy atom. The van der Waals surface area contributed by atoms with Gasteiger partial charge in [0.05, 0.1) is 11.2 Å². The molecule has 0 aromatic carbocycles. The fourth-order valence-corrected chi connectivity index (χ4v) is 4.19. The standard InChI is InChI=1S/C19H33N5O2S/c1-4-20-18(23-13-19(9-12-26-3)7-5-6-8-19)22-11-10-21-17(25)16-15(2)24-14-27-16/h14H,4-13H2,1-3H3,(H,21,25)(H2,20,22,23). The van der Waals surface area contributed by atoms with Crippen LogP contribution in [-0.2, 0) is 4.74 Å². The van der Waals surface area contributed by atoms with E-state index in [1.807, 2.05) is 6.92 Å². The zero-order valence-electron chi connectivity index (χ0n) is 16.8. The van der Waals surface area contributed by atoms with Crippen molar-refractivity contribution in [3.8, 4) is 0 Å². The highest BCUT2D eigenvalue weighted by atomic mass is 32.1. The molecule has 1 fully saturated rings. The molecule has 0 atom stereocenters. The lowest BCUT2D eigenvalue weighted by atomic mass is 9.83. The Morgan fingerprint density at radius 1 is 1.30 bits per heavy atom. The molecule has 1 heterocycles. The highest BCUT2D eigenvalue weighted by molar-refractivity contribution is 7.11. The second-order valence-corrected chi connectivity index (χ2v) is 7.95. The minimum atomic E-state index is -0.0665. The zero-order valence-corrected chi connectivity index (χ0v) is 17.6. The summed E-state index contributed by atoms with van der Waals surface area (Å²) in [6.07, 6.45) is 6.09. The van der Waals surface area contributed by atoms with Crippen molar-refractivity contribution in [1.29, 1.82) is 0 Å². The maximum atomic E-state index is 12.1. The molecule has 1 amide bonds. The van der Waals surface area contributed by atoms with Crippen LogP contribution in [0.15, 0.2) is 10.5 Å². The summed E-state index contributed by atoms with van der Waals surface area (Å²) in [4.78, 5) is 21.7. The lowest BCUT2D eigenvalue weighted by Gasteiger charge is -2.27. The maximum absolute atomic E-state index is 12.1. The minimum Gasteiger partial charge on any atom is -0.385 e. The molecule has 0 unspecified atom stereocenters. The van der Waals surface area contributed by atoms with Gasteiger partial charge in [0.1, 0.15) is 4.88 Å². The fraction of sp³-hybridized carbons (Fsp3) is 0.737. The summed E-state index contributed by atoms with van der Waals surface area (Å²) in [5.41, 5.74) is 2.75. The van der Waals surface area contributed by atoms with Gasteiger partial charge in [-0.1, -0.05) is 12.8 Å². The van der Waals surface area contributed by atoms with E-state index in [-0.39, 0.29) is 11.3 Å². The Bertz CT molecular complexity index is 611. The van der Waals surface area contributed by atoms with E-state index in [0.29, 0.717) is 18.0 Å². The summed E-state index contributed by atoms with van der Waals surface area (Å²) in [6.45, 7) is 7.49. The molecule has 27 heavy (non-hydrogen) atoms. The lowest BCUT2D eigenvalue weighted by molar-refractivity contribution is 0.0957. The number of aliphatic imine (C=N–C) groups is 1. The largest absolute Gasteiger partial charge is 0.385 e. The van der Waals surface area contributed by atoms with Gasteiger partial charge in [-0.05, 0) is 38.5 Å². The summed E-state index contributed by atoms with van der Waals surface area (Å²) in [5, 5.41) is 9.53. The predicted octanol–water partition coefficient (Wildman–Crippen LogP) is 2.33. The number of carbonyl (C=O) groups excluding carboxylic acids is 1. The summed E-state index contributed by atoms with van der Waals surface area (Å²) < 4.78 is 5.30. The topological polar surface area (TPSA) is 87.6 Å². The predicted molar refractivity (Wildman–Crippen MR) is 111 cm³/mol. The van der Waals surface area contributed by atoms with Crippen molar-refractivity contribution in [2.45, 2.75) is 46.0 Å². The quantitative estimate of drug-likeness (QED) is 0.321. The molecule has 152 valence electrons. The van der Waals surface area contributed by atoms with E-state index in [1.165, 1.54) is 37.0 Å². The molecule has 0 radical (unpaired) electrons. The van der Waals surface area contributed by atoms with E-state index in [2.05, 4.69) is 27.9 Å². The van der Waals surface area contributed by atoms with Crippen LogP contribution in [-0.4, -0.2) is 56.7 Å². The average molecular weight is 396 g/mol. The van der Waals surface area contributed by atoms with Crippen molar-refractivity contribution in [3.63, 3.8) is 0 Å². The molecule has 0 saturated heterocycles. The van der Waals surface area contributed by atoms with Gasteiger partial charge in [-0.2, -0.15) is 0 Å². The van der Waals surface area contributed by atoms with Crippen LogP contribution in [0.25, 0.3) is 0 Å². The van der Waals surface area contributed by atoms with Crippen LogP contribution in [0.1, 0.15) is 54.4 Å². The molecule has 0 aliphatic heterocycles. The number of methoxy groups -OCH3 is 1. The molecule has 3 N–H and O–H groups in total. The van der Waals surface area contributed by atoms with Crippen molar-refractivity contribution in [1.82, 2.24) is 20.9 Å². The third-order valence-corrected chi connectivity index (χ3v) is 6.00. The van der Waals surface area contributed by atoms with Crippen molar-refractivity contribution in [2.24, 2.45) is 10.4 Å². The molecule has 2 rings (SSSR count). The Hall–Kier alpha value is -1.67. The summed E-state index contributed by atoms with van der Waals surface area (Å²) in [7, 11) is 1.76. The van der Waals surface area contributed by atoms with Crippen LogP contribution in [0.4, 0.5) is 0 Å². The Kier molecular flexibility index (Phi) is 9.00. The molecule has 1 aliphatic rings. The first-order valence-corrected chi connectivity index (χ1v) is 10.7. The van der Waals surface area contributed by atoms with Gasteiger partial charge in [0.2, 0.25) is 0 Å². The number of nitrogens with zero attached hydrogens (tertiary/aromatic N) is 2. The van der Waals surface area contributed by atoms with Crippen LogP contribution in [0, 0.1) is 12.3 Å². The van der Waals surface area contributed by atoms with Crippen molar-refractivity contribution in [2.75, 3.05) is 39.9 Å². The van der Waals surface area contributed by atoms with Gasteiger partial charge in [0.15, 0.2) is 5.96 Å².